The van der Waals surface area contributed by atoms with Crippen LogP contribution in [0.4, 0.5) is 10.1 Å². The predicted molar refractivity (Wildman–Crippen MR) is 103 cm³/mol. The van der Waals surface area contributed by atoms with E-state index in [4.69, 9.17) is 14.2 Å². The lowest BCUT2D eigenvalue weighted by Crippen LogP contribution is -2.45. The van der Waals surface area contributed by atoms with Crippen molar-refractivity contribution in [3.05, 3.63) is 29.7 Å². The fourth-order valence-electron chi connectivity index (χ4n) is 3.91. The number of benzene rings is 1. The van der Waals surface area contributed by atoms with Gasteiger partial charge in [-0.25, -0.2) is 9.18 Å². The van der Waals surface area contributed by atoms with Gasteiger partial charge in [0.15, 0.2) is 5.79 Å². The van der Waals surface area contributed by atoms with Crippen LogP contribution in [-0.2, 0) is 19.0 Å². The van der Waals surface area contributed by atoms with Gasteiger partial charge >= 0.3 is 5.97 Å². The number of rotatable bonds is 5. The summed E-state index contributed by atoms with van der Waals surface area (Å²) in [4.78, 5) is 29.7. The minimum absolute atomic E-state index is 0.0943. The highest BCUT2D eigenvalue weighted by molar-refractivity contribution is 6.10. The van der Waals surface area contributed by atoms with Crippen molar-refractivity contribution in [3.63, 3.8) is 0 Å². The number of hydrogen-bond acceptors (Lipinski definition) is 6. The van der Waals surface area contributed by atoms with Gasteiger partial charge in [-0.3, -0.25) is 4.79 Å². The number of aromatic nitrogens is 1. The number of esters is 1. The Morgan fingerprint density at radius 3 is 2.69 bits per heavy atom. The monoisotopic (exact) mass is 405 g/mol. The molecule has 8 nitrogen and oxygen atoms in total. The average Bonchev–Trinajstić information content (AvgIpc) is 3.32. The first-order valence-corrected chi connectivity index (χ1v) is 9.69. The topological polar surface area (TPSA) is 92.9 Å². The second kappa shape index (κ2) is 8.10. The van der Waals surface area contributed by atoms with Gasteiger partial charge in [0, 0.05) is 49.8 Å². The van der Waals surface area contributed by atoms with Crippen LogP contribution in [0.3, 0.4) is 0 Å². The normalized spacial score (nSPS) is 19.0. The maximum absolute atomic E-state index is 13.7. The number of likely N-dealkylation sites (tertiary alicyclic amines) is 1. The Morgan fingerprint density at radius 2 is 2.00 bits per heavy atom. The maximum atomic E-state index is 13.7. The summed E-state index contributed by atoms with van der Waals surface area (Å²) in [6.07, 6.45) is 1.81. The standard InChI is InChI=1S/C20H24FN3O5/c1-27-19(26)18-17(14-12-13(21)2-3-15(14)22-18)23-16(25)4-7-24-8-5-20(6-9-24)28-10-11-29-20/h2-3,12,22H,4-11H2,1H3,(H,23,25). The Kier molecular flexibility index (Phi) is 5.53. The number of nitrogens with one attached hydrogen (secondary N) is 2. The molecule has 0 unspecified atom stereocenters. The number of halogens is 1. The predicted octanol–water partition coefficient (Wildman–Crippen LogP) is 2.26. The van der Waals surface area contributed by atoms with Gasteiger partial charge in [0.25, 0.3) is 0 Å². The Hall–Kier alpha value is -2.49. The van der Waals surface area contributed by atoms with E-state index in [-0.39, 0.29) is 23.7 Å². The van der Waals surface area contributed by atoms with Crippen molar-refractivity contribution in [1.82, 2.24) is 9.88 Å². The summed E-state index contributed by atoms with van der Waals surface area (Å²) in [7, 11) is 1.25. The van der Waals surface area contributed by atoms with Crippen LogP contribution in [0.25, 0.3) is 10.9 Å². The molecule has 2 fully saturated rings. The van der Waals surface area contributed by atoms with Crippen LogP contribution in [-0.4, -0.2) is 67.5 Å². The number of amides is 1. The van der Waals surface area contributed by atoms with Gasteiger partial charge in [-0.1, -0.05) is 0 Å². The van der Waals surface area contributed by atoms with Crippen molar-refractivity contribution in [1.29, 1.82) is 0 Å². The van der Waals surface area contributed by atoms with Crippen molar-refractivity contribution in [2.24, 2.45) is 0 Å². The minimum atomic E-state index is -0.630. The molecule has 0 saturated carbocycles. The largest absolute Gasteiger partial charge is 0.464 e. The number of carbonyl (C=O) groups is 2. The SMILES string of the molecule is COC(=O)c1[nH]c2ccc(F)cc2c1NC(=O)CCN1CCC2(CC1)OCCO2. The first-order valence-electron chi connectivity index (χ1n) is 9.69. The molecule has 0 bridgehead atoms. The van der Waals surface area contributed by atoms with Crippen molar-refractivity contribution in [2.75, 3.05) is 45.3 Å². The fraction of sp³-hybridized carbons (Fsp3) is 0.500. The lowest BCUT2D eigenvalue weighted by Gasteiger charge is -2.37. The van der Waals surface area contributed by atoms with Crippen LogP contribution >= 0.6 is 0 Å². The fourth-order valence-corrected chi connectivity index (χ4v) is 3.91. The Balaban J connectivity index is 1.40. The second-order valence-electron chi connectivity index (χ2n) is 7.30. The van der Waals surface area contributed by atoms with E-state index in [9.17, 15) is 14.0 Å². The molecule has 1 spiro atoms. The summed E-state index contributed by atoms with van der Waals surface area (Å²) in [5.41, 5.74) is 0.874. The third-order valence-electron chi connectivity index (χ3n) is 5.50. The summed E-state index contributed by atoms with van der Waals surface area (Å²) in [6, 6.07) is 4.08. The number of anilines is 1. The molecule has 156 valence electrons. The van der Waals surface area contributed by atoms with Crippen LogP contribution in [0.1, 0.15) is 29.8 Å². The molecule has 29 heavy (non-hydrogen) atoms. The molecule has 4 rings (SSSR count). The zero-order valence-corrected chi connectivity index (χ0v) is 16.3. The molecule has 2 saturated heterocycles. The summed E-state index contributed by atoms with van der Waals surface area (Å²) >= 11 is 0. The number of piperidine rings is 1. The molecule has 9 heteroatoms. The number of nitrogens with zero attached hydrogens (tertiary/aromatic N) is 1. The molecule has 0 aliphatic carbocycles. The van der Waals surface area contributed by atoms with E-state index < -0.39 is 17.6 Å². The molecule has 2 aliphatic rings. The Bertz CT molecular complexity index is 912. The average molecular weight is 405 g/mol. The summed E-state index contributed by atoms with van der Waals surface area (Å²) in [6.45, 7) is 3.43. The maximum Gasteiger partial charge on any atom is 0.356 e. The zero-order chi connectivity index (χ0) is 20.4. The molecule has 1 aromatic heterocycles. The zero-order valence-electron chi connectivity index (χ0n) is 16.3. The van der Waals surface area contributed by atoms with E-state index in [0.717, 1.165) is 25.9 Å². The van der Waals surface area contributed by atoms with Crippen LogP contribution in [0, 0.1) is 5.82 Å². The van der Waals surface area contributed by atoms with Gasteiger partial charge in [-0.15, -0.1) is 0 Å². The molecular weight excluding hydrogens is 381 g/mol. The molecule has 0 radical (unpaired) electrons. The number of aromatic amines is 1. The van der Waals surface area contributed by atoms with Crippen molar-refractivity contribution in [3.8, 4) is 0 Å². The highest BCUT2D eigenvalue weighted by Crippen LogP contribution is 2.32. The van der Waals surface area contributed by atoms with E-state index in [1.54, 1.807) is 0 Å². The lowest BCUT2D eigenvalue weighted by atomic mass is 10.0. The third-order valence-corrected chi connectivity index (χ3v) is 5.50. The lowest BCUT2D eigenvalue weighted by molar-refractivity contribution is -0.185. The van der Waals surface area contributed by atoms with E-state index in [2.05, 4.69) is 15.2 Å². The van der Waals surface area contributed by atoms with Crippen molar-refractivity contribution < 1.29 is 28.2 Å². The molecule has 2 aliphatic heterocycles. The summed E-state index contributed by atoms with van der Waals surface area (Å²) in [5.74, 6) is -1.78. The molecule has 1 aromatic carbocycles. The van der Waals surface area contributed by atoms with Gasteiger partial charge < -0.3 is 29.4 Å². The number of methoxy groups -OCH3 is 1. The van der Waals surface area contributed by atoms with E-state index in [0.29, 0.717) is 30.7 Å². The quantitative estimate of drug-likeness (QED) is 0.742. The van der Waals surface area contributed by atoms with Crippen LogP contribution in [0.2, 0.25) is 0 Å². The highest BCUT2D eigenvalue weighted by atomic mass is 19.1. The van der Waals surface area contributed by atoms with Crippen LogP contribution in [0.15, 0.2) is 18.2 Å². The number of carbonyl (C=O) groups excluding carboxylic acids is 2. The molecule has 0 atom stereocenters. The Morgan fingerprint density at radius 1 is 1.28 bits per heavy atom. The minimum Gasteiger partial charge on any atom is -0.464 e. The van der Waals surface area contributed by atoms with Crippen LogP contribution in [0.5, 0.6) is 0 Å². The second-order valence-corrected chi connectivity index (χ2v) is 7.30. The van der Waals surface area contributed by atoms with Crippen molar-refractivity contribution in [2.45, 2.75) is 25.0 Å². The first kappa shape index (κ1) is 19.8. The molecular formula is C20H24FN3O5. The van der Waals surface area contributed by atoms with E-state index >= 15 is 0 Å². The summed E-state index contributed by atoms with van der Waals surface area (Å²) in [5, 5.41) is 3.18. The first-order chi connectivity index (χ1) is 14.0. The third kappa shape index (κ3) is 4.12. The number of ether oxygens (including phenoxy) is 3. The number of fused-ring (bicyclic) bond motifs is 1. The van der Waals surface area contributed by atoms with Gasteiger partial charge in [0.05, 0.1) is 26.0 Å². The van der Waals surface area contributed by atoms with Crippen LogP contribution < -0.4 is 5.32 Å². The smallest absolute Gasteiger partial charge is 0.356 e. The molecule has 2 N–H and O–H groups in total. The van der Waals surface area contributed by atoms with E-state index in [1.165, 1.54) is 25.3 Å². The van der Waals surface area contributed by atoms with E-state index in [1.807, 2.05) is 0 Å². The van der Waals surface area contributed by atoms with Gasteiger partial charge in [0.2, 0.25) is 5.91 Å². The van der Waals surface area contributed by atoms with Gasteiger partial charge in [-0.2, -0.15) is 0 Å². The van der Waals surface area contributed by atoms with Gasteiger partial charge in [-0.05, 0) is 18.2 Å². The Labute approximate surface area is 167 Å². The molecule has 2 aromatic rings. The van der Waals surface area contributed by atoms with Crippen molar-refractivity contribution >= 4 is 28.5 Å². The number of H-pyrrole nitrogens is 1. The number of hydrogen-bond donors (Lipinski definition) is 2. The highest BCUT2D eigenvalue weighted by Gasteiger charge is 2.39. The summed E-state index contributed by atoms with van der Waals surface area (Å²) < 4.78 is 29.9. The molecule has 3 heterocycles. The van der Waals surface area contributed by atoms with Gasteiger partial charge in [0.1, 0.15) is 11.5 Å². The molecule has 1 amide bonds.